The summed E-state index contributed by atoms with van der Waals surface area (Å²) in [6, 6.07) is 20.0. The Balaban J connectivity index is 1.83. The predicted molar refractivity (Wildman–Crippen MR) is 148 cm³/mol. The molecular formula is C27H26BrN5O4. The number of nitro benzene ring substituents is 1. The van der Waals surface area contributed by atoms with Gasteiger partial charge in [-0.1, -0.05) is 40.2 Å². The number of rotatable bonds is 10. The van der Waals surface area contributed by atoms with Crippen molar-refractivity contribution in [1.29, 1.82) is 0 Å². The molecule has 190 valence electrons. The molecule has 0 unspecified atom stereocenters. The SMILES string of the molecule is CCN(CC)c1ccc(/C=C(/NC(=O)c2ccc([N+](=O)[O-])cc2)C(=O)N/N=C\c2ccc(Br)cc2)cc1. The molecule has 9 nitrogen and oxygen atoms in total. The molecule has 37 heavy (non-hydrogen) atoms. The van der Waals surface area contributed by atoms with E-state index in [0.717, 1.165) is 28.8 Å². The minimum Gasteiger partial charge on any atom is -0.372 e. The molecule has 0 radical (unpaired) electrons. The number of anilines is 1. The number of halogens is 1. The van der Waals surface area contributed by atoms with E-state index in [9.17, 15) is 19.7 Å². The molecule has 0 aromatic heterocycles. The second-order valence-corrected chi connectivity index (χ2v) is 8.75. The normalized spacial score (nSPS) is 11.3. The number of nitrogens with zero attached hydrogens (tertiary/aromatic N) is 3. The van der Waals surface area contributed by atoms with Crippen molar-refractivity contribution in [2.75, 3.05) is 18.0 Å². The summed E-state index contributed by atoms with van der Waals surface area (Å²) in [5.74, 6) is -1.22. The van der Waals surface area contributed by atoms with Gasteiger partial charge in [0.15, 0.2) is 0 Å². The van der Waals surface area contributed by atoms with Crippen LogP contribution in [-0.2, 0) is 4.79 Å². The lowest BCUT2D eigenvalue weighted by atomic mass is 10.1. The highest BCUT2D eigenvalue weighted by Gasteiger charge is 2.16. The Morgan fingerprint density at radius 2 is 1.54 bits per heavy atom. The highest BCUT2D eigenvalue weighted by atomic mass is 79.9. The quantitative estimate of drug-likeness (QED) is 0.153. The summed E-state index contributed by atoms with van der Waals surface area (Å²) in [7, 11) is 0. The van der Waals surface area contributed by atoms with Crippen LogP contribution in [0.4, 0.5) is 11.4 Å². The monoisotopic (exact) mass is 563 g/mol. The molecule has 0 aliphatic heterocycles. The number of hydrazone groups is 1. The van der Waals surface area contributed by atoms with Gasteiger partial charge in [0.25, 0.3) is 17.5 Å². The van der Waals surface area contributed by atoms with E-state index in [1.54, 1.807) is 6.08 Å². The van der Waals surface area contributed by atoms with Gasteiger partial charge in [-0.05, 0) is 67.4 Å². The summed E-state index contributed by atoms with van der Waals surface area (Å²) in [6.07, 6.45) is 3.03. The standard InChI is InChI=1S/C27H26BrN5O4/c1-3-32(4-2)23-13-7-19(8-14-23)17-25(27(35)31-29-18-20-5-11-22(28)12-6-20)30-26(34)21-9-15-24(16-10-21)33(36)37/h5-18H,3-4H2,1-2H3,(H,30,34)(H,31,35)/b25-17+,29-18-. The molecule has 0 bridgehead atoms. The maximum Gasteiger partial charge on any atom is 0.287 e. The summed E-state index contributed by atoms with van der Waals surface area (Å²) < 4.78 is 0.917. The minimum absolute atomic E-state index is 0.0353. The number of carbonyl (C=O) groups is 2. The van der Waals surface area contributed by atoms with E-state index in [1.807, 2.05) is 48.5 Å². The van der Waals surface area contributed by atoms with Gasteiger partial charge < -0.3 is 10.2 Å². The van der Waals surface area contributed by atoms with Gasteiger partial charge in [0.05, 0.1) is 11.1 Å². The lowest BCUT2D eigenvalue weighted by molar-refractivity contribution is -0.384. The van der Waals surface area contributed by atoms with Crippen molar-refractivity contribution in [2.24, 2.45) is 5.10 Å². The maximum absolute atomic E-state index is 13.0. The number of non-ortho nitro benzene ring substituents is 1. The van der Waals surface area contributed by atoms with Crippen LogP contribution < -0.4 is 15.6 Å². The second kappa shape index (κ2) is 13.1. The summed E-state index contributed by atoms with van der Waals surface area (Å²) in [5.41, 5.74) is 4.94. The molecule has 10 heteroatoms. The molecule has 0 aliphatic rings. The number of nitro groups is 1. The van der Waals surface area contributed by atoms with E-state index in [4.69, 9.17) is 0 Å². The zero-order valence-electron chi connectivity index (χ0n) is 20.3. The third-order valence-corrected chi connectivity index (χ3v) is 5.94. The fraction of sp³-hybridized carbons (Fsp3) is 0.148. The summed E-state index contributed by atoms with van der Waals surface area (Å²) in [6.45, 7) is 5.87. The van der Waals surface area contributed by atoms with E-state index in [0.29, 0.717) is 5.56 Å². The molecule has 3 aromatic carbocycles. The molecule has 0 aliphatic carbocycles. The van der Waals surface area contributed by atoms with Crippen LogP contribution in [0.2, 0.25) is 0 Å². The number of nitrogens with one attached hydrogen (secondary N) is 2. The zero-order valence-corrected chi connectivity index (χ0v) is 21.9. The highest BCUT2D eigenvalue weighted by molar-refractivity contribution is 9.10. The number of benzene rings is 3. The number of amides is 2. The van der Waals surface area contributed by atoms with Crippen LogP contribution in [0.15, 0.2) is 88.1 Å². The maximum atomic E-state index is 13.0. The molecule has 2 N–H and O–H groups in total. The van der Waals surface area contributed by atoms with Crippen LogP contribution in [0.25, 0.3) is 6.08 Å². The summed E-state index contributed by atoms with van der Waals surface area (Å²) in [5, 5.41) is 17.5. The Morgan fingerprint density at radius 3 is 2.11 bits per heavy atom. The predicted octanol–water partition coefficient (Wildman–Crippen LogP) is 5.12. The van der Waals surface area contributed by atoms with Crippen LogP contribution in [0.1, 0.15) is 35.3 Å². The van der Waals surface area contributed by atoms with Crippen LogP contribution in [0.3, 0.4) is 0 Å². The average Bonchev–Trinajstić information content (AvgIpc) is 2.91. The molecule has 0 heterocycles. The van der Waals surface area contributed by atoms with Crippen molar-refractivity contribution in [2.45, 2.75) is 13.8 Å². The van der Waals surface area contributed by atoms with Crippen LogP contribution in [0.5, 0.6) is 0 Å². The van der Waals surface area contributed by atoms with E-state index in [-0.39, 0.29) is 16.9 Å². The van der Waals surface area contributed by atoms with Gasteiger partial charge in [0, 0.05) is 40.9 Å². The first kappa shape index (κ1) is 27.3. The van der Waals surface area contributed by atoms with Crippen LogP contribution >= 0.6 is 15.9 Å². The molecule has 0 spiro atoms. The first-order chi connectivity index (χ1) is 17.8. The molecule has 3 rings (SSSR count). The molecule has 0 saturated carbocycles. The van der Waals surface area contributed by atoms with Gasteiger partial charge in [-0.3, -0.25) is 19.7 Å². The molecule has 0 atom stereocenters. The van der Waals surface area contributed by atoms with E-state index < -0.39 is 16.7 Å². The Labute approximate surface area is 223 Å². The lowest BCUT2D eigenvalue weighted by Gasteiger charge is -2.20. The van der Waals surface area contributed by atoms with E-state index in [2.05, 4.69) is 50.5 Å². The largest absolute Gasteiger partial charge is 0.372 e. The van der Waals surface area contributed by atoms with Gasteiger partial charge >= 0.3 is 0 Å². The molecular weight excluding hydrogens is 538 g/mol. The van der Waals surface area contributed by atoms with Gasteiger partial charge in [-0.25, -0.2) is 5.43 Å². The molecule has 3 aromatic rings. The molecule has 2 amide bonds. The van der Waals surface area contributed by atoms with Crippen LogP contribution in [-0.4, -0.2) is 36.0 Å². The number of hydrogen-bond acceptors (Lipinski definition) is 6. The smallest absolute Gasteiger partial charge is 0.287 e. The topological polar surface area (TPSA) is 117 Å². The Morgan fingerprint density at radius 1 is 0.946 bits per heavy atom. The van der Waals surface area contributed by atoms with Gasteiger partial charge in [0.1, 0.15) is 5.70 Å². The lowest BCUT2D eigenvalue weighted by Crippen LogP contribution is -2.32. The third-order valence-electron chi connectivity index (χ3n) is 5.42. The van der Waals surface area contributed by atoms with Crippen molar-refractivity contribution in [3.8, 4) is 0 Å². The number of carbonyl (C=O) groups excluding carboxylic acids is 2. The van der Waals surface area contributed by atoms with Gasteiger partial charge in [0.2, 0.25) is 0 Å². The van der Waals surface area contributed by atoms with Crippen LogP contribution in [0, 0.1) is 10.1 Å². The van der Waals surface area contributed by atoms with Crippen molar-refractivity contribution in [1.82, 2.24) is 10.7 Å². The fourth-order valence-electron chi connectivity index (χ4n) is 3.40. The Hall–Kier alpha value is -4.31. The average molecular weight is 564 g/mol. The summed E-state index contributed by atoms with van der Waals surface area (Å²) in [4.78, 5) is 38.3. The zero-order chi connectivity index (χ0) is 26.8. The second-order valence-electron chi connectivity index (χ2n) is 7.83. The van der Waals surface area contributed by atoms with Gasteiger partial charge in [-0.15, -0.1) is 0 Å². The first-order valence-corrected chi connectivity index (χ1v) is 12.3. The third kappa shape index (κ3) is 7.84. The van der Waals surface area contributed by atoms with Gasteiger partial charge in [-0.2, -0.15) is 5.10 Å². The van der Waals surface area contributed by atoms with E-state index in [1.165, 1.54) is 30.5 Å². The molecule has 0 fully saturated rings. The van der Waals surface area contributed by atoms with Crippen molar-refractivity contribution in [3.63, 3.8) is 0 Å². The van der Waals surface area contributed by atoms with Crippen molar-refractivity contribution < 1.29 is 14.5 Å². The summed E-state index contributed by atoms with van der Waals surface area (Å²) >= 11 is 3.36. The van der Waals surface area contributed by atoms with Crippen molar-refractivity contribution >= 4 is 51.4 Å². The Kier molecular flexibility index (Phi) is 9.68. The minimum atomic E-state index is -0.628. The molecule has 0 saturated heterocycles. The fourth-order valence-corrected chi connectivity index (χ4v) is 3.66. The first-order valence-electron chi connectivity index (χ1n) is 11.5. The number of hydrogen-bond donors (Lipinski definition) is 2. The Bertz CT molecular complexity index is 1300. The van der Waals surface area contributed by atoms with Crippen molar-refractivity contribution in [3.05, 3.63) is 110 Å². The highest BCUT2D eigenvalue weighted by Crippen LogP contribution is 2.17. The van der Waals surface area contributed by atoms with E-state index >= 15 is 0 Å².